The van der Waals surface area contributed by atoms with E-state index in [0.717, 1.165) is 41.8 Å². The molecule has 1 aromatic heterocycles. The molecule has 0 N–H and O–H groups in total. The summed E-state index contributed by atoms with van der Waals surface area (Å²) in [5.74, 6) is 0.698. The van der Waals surface area contributed by atoms with Gasteiger partial charge in [0.05, 0.1) is 17.2 Å². The van der Waals surface area contributed by atoms with Gasteiger partial charge in [-0.3, -0.25) is 4.79 Å². The molecule has 17 heavy (non-hydrogen) atoms. The molecule has 94 valence electrons. The number of anilines is 1. The van der Waals surface area contributed by atoms with Crippen LogP contribution in [0, 0.1) is 12.8 Å². The lowest BCUT2D eigenvalue weighted by Crippen LogP contribution is -2.20. The lowest BCUT2D eigenvalue weighted by Gasteiger charge is -2.14. The molecule has 0 amide bonds. The van der Waals surface area contributed by atoms with Crippen molar-refractivity contribution in [2.45, 2.75) is 20.3 Å². The molecule has 0 bridgehead atoms. The van der Waals surface area contributed by atoms with Crippen molar-refractivity contribution in [3.8, 4) is 0 Å². The van der Waals surface area contributed by atoms with E-state index in [0.29, 0.717) is 5.92 Å². The number of aryl methyl sites for hydroxylation is 1. The van der Waals surface area contributed by atoms with E-state index < -0.39 is 0 Å². The van der Waals surface area contributed by atoms with Crippen molar-refractivity contribution in [1.82, 2.24) is 4.98 Å². The number of carbonyl (C=O) groups is 1. The third-order valence-corrected chi connectivity index (χ3v) is 4.38. The number of Topliss-reactive ketones (excluding diaryl/α,β-unsaturated/α-hetero) is 1. The molecule has 4 nitrogen and oxygen atoms in total. The van der Waals surface area contributed by atoms with Crippen LogP contribution in [0.1, 0.15) is 28.7 Å². The first-order valence-corrected chi connectivity index (χ1v) is 6.65. The van der Waals surface area contributed by atoms with Crippen molar-refractivity contribution in [3.63, 3.8) is 0 Å². The van der Waals surface area contributed by atoms with E-state index in [4.69, 9.17) is 4.74 Å². The van der Waals surface area contributed by atoms with Crippen LogP contribution in [0.4, 0.5) is 5.13 Å². The highest BCUT2D eigenvalue weighted by atomic mass is 32.1. The van der Waals surface area contributed by atoms with Crippen LogP contribution in [0.3, 0.4) is 0 Å². The molecule has 1 aromatic rings. The Morgan fingerprint density at radius 2 is 2.41 bits per heavy atom. The van der Waals surface area contributed by atoms with Crippen LogP contribution < -0.4 is 4.90 Å². The SMILES string of the molecule is COCC1CCN(c2nc(C)c(C(C)=O)s2)C1. The highest BCUT2D eigenvalue weighted by Crippen LogP contribution is 2.30. The molecule has 5 heteroatoms. The van der Waals surface area contributed by atoms with Crippen molar-refractivity contribution in [2.75, 3.05) is 31.7 Å². The lowest BCUT2D eigenvalue weighted by molar-refractivity contribution is 0.102. The van der Waals surface area contributed by atoms with Gasteiger partial charge in [0.15, 0.2) is 10.9 Å². The zero-order valence-electron chi connectivity index (χ0n) is 10.5. The summed E-state index contributed by atoms with van der Waals surface area (Å²) in [6, 6.07) is 0. The van der Waals surface area contributed by atoms with Crippen LogP contribution in [-0.4, -0.2) is 37.6 Å². The number of rotatable bonds is 4. The van der Waals surface area contributed by atoms with Crippen molar-refractivity contribution >= 4 is 22.3 Å². The normalized spacial score (nSPS) is 19.9. The van der Waals surface area contributed by atoms with Crippen LogP contribution >= 0.6 is 11.3 Å². The predicted octanol–water partition coefficient (Wildman–Crippen LogP) is 2.13. The number of ether oxygens (including phenoxy) is 1. The van der Waals surface area contributed by atoms with Gasteiger partial charge in [-0.25, -0.2) is 4.98 Å². The number of methoxy groups -OCH3 is 1. The Morgan fingerprint density at radius 3 is 3.00 bits per heavy atom. The Bertz CT molecular complexity index is 417. The first kappa shape index (κ1) is 12.5. The van der Waals surface area contributed by atoms with Gasteiger partial charge in [0.1, 0.15) is 0 Å². The summed E-state index contributed by atoms with van der Waals surface area (Å²) in [6.07, 6.45) is 1.14. The molecule has 0 radical (unpaired) electrons. The second-order valence-electron chi connectivity index (χ2n) is 4.52. The minimum Gasteiger partial charge on any atom is -0.384 e. The minimum atomic E-state index is 0.110. The van der Waals surface area contributed by atoms with Crippen molar-refractivity contribution in [2.24, 2.45) is 5.92 Å². The first-order valence-electron chi connectivity index (χ1n) is 5.84. The second kappa shape index (κ2) is 5.14. The molecule has 1 fully saturated rings. The molecule has 1 saturated heterocycles. The number of nitrogens with zero attached hydrogens (tertiary/aromatic N) is 2. The Balaban J connectivity index is 2.09. The molecular weight excluding hydrogens is 236 g/mol. The molecule has 1 aliphatic rings. The van der Waals surface area contributed by atoms with Crippen molar-refractivity contribution in [1.29, 1.82) is 0 Å². The van der Waals surface area contributed by atoms with Gasteiger partial charge < -0.3 is 9.64 Å². The molecule has 2 rings (SSSR count). The summed E-state index contributed by atoms with van der Waals surface area (Å²) in [7, 11) is 1.74. The van der Waals surface area contributed by atoms with Crippen LogP contribution in [0.25, 0.3) is 0 Å². The molecule has 0 aromatic carbocycles. The van der Waals surface area contributed by atoms with Gasteiger partial charge in [0.2, 0.25) is 0 Å². The van der Waals surface area contributed by atoms with Crippen LogP contribution in [-0.2, 0) is 4.74 Å². The summed E-state index contributed by atoms with van der Waals surface area (Å²) < 4.78 is 5.18. The molecule has 2 heterocycles. The van der Waals surface area contributed by atoms with E-state index >= 15 is 0 Å². The van der Waals surface area contributed by atoms with Gasteiger partial charge in [-0.1, -0.05) is 11.3 Å². The van der Waals surface area contributed by atoms with E-state index in [1.54, 1.807) is 14.0 Å². The molecule has 0 aliphatic carbocycles. The smallest absolute Gasteiger partial charge is 0.186 e. The topological polar surface area (TPSA) is 42.4 Å². The van der Waals surface area contributed by atoms with Crippen LogP contribution in [0.5, 0.6) is 0 Å². The van der Waals surface area contributed by atoms with Crippen LogP contribution in [0.2, 0.25) is 0 Å². The molecule has 0 spiro atoms. The number of hydrogen-bond donors (Lipinski definition) is 0. The highest BCUT2D eigenvalue weighted by Gasteiger charge is 2.25. The number of ketones is 1. The average Bonchev–Trinajstić information content (AvgIpc) is 2.85. The number of aromatic nitrogens is 1. The largest absolute Gasteiger partial charge is 0.384 e. The number of thiazole rings is 1. The Hall–Kier alpha value is -0.940. The van der Waals surface area contributed by atoms with Gasteiger partial charge in [0.25, 0.3) is 0 Å². The van der Waals surface area contributed by atoms with E-state index in [2.05, 4.69) is 9.88 Å². The fraction of sp³-hybridized carbons (Fsp3) is 0.667. The van der Waals surface area contributed by atoms with E-state index in [1.165, 1.54) is 11.3 Å². The average molecular weight is 254 g/mol. The van der Waals surface area contributed by atoms with E-state index in [-0.39, 0.29) is 5.78 Å². The van der Waals surface area contributed by atoms with Gasteiger partial charge >= 0.3 is 0 Å². The predicted molar refractivity (Wildman–Crippen MR) is 69.1 cm³/mol. The fourth-order valence-corrected chi connectivity index (χ4v) is 3.22. The highest BCUT2D eigenvalue weighted by molar-refractivity contribution is 7.17. The van der Waals surface area contributed by atoms with Gasteiger partial charge in [-0.05, 0) is 13.3 Å². The Kier molecular flexibility index (Phi) is 3.79. The second-order valence-corrected chi connectivity index (χ2v) is 5.50. The molecule has 1 aliphatic heterocycles. The molecular formula is C12H18N2O2S. The van der Waals surface area contributed by atoms with Crippen molar-refractivity contribution < 1.29 is 9.53 Å². The zero-order chi connectivity index (χ0) is 12.4. The molecule has 1 atom stereocenters. The monoisotopic (exact) mass is 254 g/mol. The first-order chi connectivity index (χ1) is 8.11. The molecule has 1 unspecified atom stereocenters. The third-order valence-electron chi connectivity index (χ3n) is 3.06. The Morgan fingerprint density at radius 1 is 1.65 bits per heavy atom. The number of hydrogen-bond acceptors (Lipinski definition) is 5. The third kappa shape index (κ3) is 2.66. The quantitative estimate of drug-likeness (QED) is 0.772. The van der Waals surface area contributed by atoms with E-state index in [1.807, 2.05) is 6.92 Å². The van der Waals surface area contributed by atoms with Crippen LogP contribution in [0.15, 0.2) is 0 Å². The van der Waals surface area contributed by atoms with Gasteiger partial charge in [0, 0.05) is 33.0 Å². The zero-order valence-corrected chi connectivity index (χ0v) is 11.3. The molecule has 0 saturated carbocycles. The maximum Gasteiger partial charge on any atom is 0.186 e. The van der Waals surface area contributed by atoms with Gasteiger partial charge in [-0.2, -0.15) is 0 Å². The number of carbonyl (C=O) groups excluding carboxylic acids is 1. The summed E-state index contributed by atoms with van der Waals surface area (Å²) in [4.78, 5) is 18.9. The fourth-order valence-electron chi connectivity index (χ4n) is 2.22. The van der Waals surface area contributed by atoms with Gasteiger partial charge in [-0.15, -0.1) is 0 Å². The lowest BCUT2D eigenvalue weighted by atomic mass is 10.1. The minimum absolute atomic E-state index is 0.110. The van der Waals surface area contributed by atoms with E-state index in [9.17, 15) is 4.79 Å². The maximum absolute atomic E-state index is 11.4. The van der Waals surface area contributed by atoms with Crippen molar-refractivity contribution in [3.05, 3.63) is 10.6 Å². The summed E-state index contributed by atoms with van der Waals surface area (Å²) >= 11 is 1.51. The summed E-state index contributed by atoms with van der Waals surface area (Å²) in [5.41, 5.74) is 0.854. The summed E-state index contributed by atoms with van der Waals surface area (Å²) in [6.45, 7) is 6.30. The Labute approximate surface area is 106 Å². The summed E-state index contributed by atoms with van der Waals surface area (Å²) in [5, 5.41) is 0.978. The standard InChI is InChI=1S/C12H18N2O2S/c1-8-11(9(2)15)17-12(13-8)14-5-4-10(6-14)7-16-3/h10H,4-7H2,1-3H3. The maximum atomic E-state index is 11.4.